The lowest BCUT2D eigenvalue weighted by Gasteiger charge is -2.20. The Bertz CT molecular complexity index is 446. The van der Waals surface area contributed by atoms with E-state index in [4.69, 9.17) is 5.11 Å². The summed E-state index contributed by atoms with van der Waals surface area (Å²) < 4.78 is 0. The van der Waals surface area contributed by atoms with Crippen LogP contribution in [0.25, 0.3) is 0 Å². The molecule has 2 aliphatic rings. The van der Waals surface area contributed by atoms with Crippen molar-refractivity contribution in [3.8, 4) is 0 Å². The Morgan fingerprint density at radius 3 is 3.17 bits per heavy atom. The minimum Gasteiger partial charge on any atom is -0.478 e. The Kier molecular flexibility index (Phi) is 3.37. The maximum absolute atomic E-state index is 10.8. The van der Waals surface area contributed by atoms with E-state index < -0.39 is 5.97 Å². The first-order valence-electron chi connectivity index (χ1n) is 6.52. The molecule has 2 N–H and O–H groups in total. The molecule has 0 aromatic carbocycles. The van der Waals surface area contributed by atoms with Gasteiger partial charge in [0.25, 0.3) is 0 Å². The largest absolute Gasteiger partial charge is 0.478 e. The second-order valence-electron chi connectivity index (χ2n) is 5.13. The van der Waals surface area contributed by atoms with Crippen LogP contribution in [0.1, 0.15) is 34.5 Å². The molecule has 5 heteroatoms. The fourth-order valence-corrected chi connectivity index (χ4v) is 3.95. The fraction of sp³-hybridized carbons (Fsp3) is 0.615. The number of carboxylic acids is 1. The van der Waals surface area contributed by atoms with Crippen molar-refractivity contribution >= 4 is 17.3 Å². The molecular formula is C13H18N2O2S. The summed E-state index contributed by atoms with van der Waals surface area (Å²) in [6.07, 6.45) is 3.86. The highest BCUT2D eigenvalue weighted by molar-refractivity contribution is 7.10. The molecule has 0 radical (unpaired) electrons. The van der Waals surface area contributed by atoms with Gasteiger partial charge >= 0.3 is 5.97 Å². The molecule has 2 atom stereocenters. The van der Waals surface area contributed by atoms with Crippen LogP contribution >= 0.6 is 11.3 Å². The van der Waals surface area contributed by atoms with E-state index in [-0.39, 0.29) is 0 Å². The molecule has 3 rings (SSSR count). The zero-order chi connectivity index (χ0) is 12.5. The maximum Gasteiger partial charge on any atom is 0.336 e. The fourth-order valence-electron chi connectivity index (χ4n) is 3.14. The number of thiophene rings is 1. The van der Waals surface area contributed by atoms with Crippen molar-refractivity contribution in [3.05, 3.63) is 21.9 Å². The SMILES string of the molecule is O=C(O)c1csc(CNC2CCN3CCCC23)c1. The molecule has 4 nitrogen and oxygen atoms in total. The van der Waals surface area contributed by atoms with Gasteiger partial charge < -0.3 is 10.4 Å². The monoisotopic (exact) mass is 266 g/mol. The smallest absolute Gasteiger partial charge is 0.336 e. The number of nitrogens with zero attached hydrogens (tertiary/aromatic N) is 1. The van der Waals surface area contributed by atoms with Crippen LogP contribution in [0.4, 0.5) is 0 Å². The lowest BCUT2D eigenvalue weighted by atomic mass is 10.1. The number of fused-ring (bicyclic) bond motifs is 1. The van der Waals surface area contributed by atoms with Crippen molar-refractivity contribution in [2.75, 3.05) is 13.1 Å². The van der Waals surface area contributed by atoms with E-state index in [1.807, 2.05) is 0 Å². The van der Waals surface area contributed by atoms with E-state index in [0.717, 1.165) is 11.4 Å². The van der Waals surface area contributed by atoms with Gasteiger partial charge in [0.15, 0.2) is 0 Å². The van der Waals surface area contributed by atoms with Crippen LogP contribution in [0.5, 0.6) is 0 Å². The van der Waals surface area contributed by atoms with E-state index in [9.17, 15) is 4.79 Å². The van der Waals surface area contributed by atoms with E-state index in [2.05, 4.69) is 10.2 Å². The summed E-state index contributed by atoms with van der Waals surface area (Å²) in [5.41, 5.74) is 0.408. The van der Waals surface area contributed by atoms with Gasteiger partial charge in [-0.25, -0.2) is 4.79 Å². The molecule has 2 aliphatic heterocycles. The van der Waals surface area contributed by atoms with Crippen molar-refractivity contribution in [2.45, 2.75) is 37.9 Å². The second kappa shape index (κ2) is 4.99. The Morgan fingerprint density at radius 1 is 1.50 bits per heavy atom. The quantitative estimate of drug-likeness (QED) is 0.872. The third kappa shape index (κ3) is 2.30. The highest BCUT2D eigenvalue weighted by Gasteiger charge is 2.36. The minimum absolute atomic E-state index is 0.408. The maximum atomic E-state index is 10.8. The zero-order valence-electron chi connectivity index (χ0n) is 10.3. The van der Waals surface area contributed by atoms with Crippen LogP contribution in [-0.4, -0.2) is 41.1 Å². The van der Waals surface area contributed by atoms with Gasteiger partial charge in [-0.1, -0.05) is 0 Å². The third-order valence-electron chi connectivity index (χ3n) is 4.05. The van der Waals surface area contributed by atoms with Crippen LogP contribution in [-0.2, 0) is 6.54 Å². The van der Waals surface area contributed by atoms with Crippen molar-refractivity contribution in [1.29, 1.82) is 0 Å². The Morgan fingerprint density at radius 2 is 2.39 bits per heavy atom. The molecule has 18 heavy (non-hydrogen) atoms. The summed E-state index contributed by atoms with van der Waals surface area (Å²) in [7, 11) is 0. The van der Waals surface area contributed by atoms with Gasteiger partial charge in [-0.3, -0.25) is 4.90 Å². The van der Waals surface area contributed by atoms with E-state index in [0.29, 0.717) is 17.6 Å². The van der Waals surface area contributed by atoms with Gasteiger partial charge in [0.05, 0.1) is 5.56 Å². The van der Waals surface area contributed by atoms with Gasteiger partial charge in [-0.15, -0.1) is 11.3 Å². The predicted molar refractivity (Wildman–Crippen MR) is 71.1 cm³/mol. The summed E-state index contributed by atoms with van der Waals surface area (Å²) in [5.74, 6) is -0.833. The highest BCUT2D eigenvalue weighted by Crippen LogP contribution is 2.28. The zero-order valence-corrected chi connectivity index (χ0v) is 11.1. The molecule has 98 valence electrons. The number of nitrogens with one attached hydrogen (secondary N) is 1. The first-order valence-corrected chi connectivity index (χ1v) is 7.40. The Balaban J connectivity index is 1.56. The standard InChI is InChI=1S/C13H18N2O2S/c16-13(17)9-6-10(18-8-9)7-14-11-3-5-15-4-1-2-12(11)15/h6,8,11-12,14H,1-5,7H2,(H,16,17). The molecule has 2 unspecified atom stereocenters. The molecule has 1 aromatic heterocycles. The molecule has 0 bridgehead atoms. The first kappa shape index (κ1) is 12.1. The molecule has 0 saturated carbocycles. The summed E-state index contributed by atoms with van der Waals surface area (Å²) in [6, 6.07) is 3.08. The number of hydrogen-bond donors (Lipinski definition) is 2. The predicted octanol–water partition coefficient (Wildman–Crippen LogP) is 1.77. The number of hydrogen-bond acceptors (Lipinski definition) is 4. The Labute approximate surface area is 111 Å². The highest BCUT2D eigenvalue weighted by atomic mass is 32.1. The van der Waals surface area contributed by atoms with Crippen molar-refractivity contribution < 1.29 is 9.90 Å². The molecule has 1 aromatic rings. The summed E-state index contributed by atoms with van der Waals surface area (Å²) in [6.45, 7) is 3.27. The number of carboxylic acid groups (broad SMARTS) is 1. The van der Waals surface area contributed by atoms with E-state index >= 15 is 0 Å². The average molecular weight is 266 g/mol. The molecule has 2 saturated heterocycles. The van der Waals surface area contributed by atoms with Crippen LogP contribution in [0, 0.1) is 0 Å². The normalized spacial score (nSPS) is 27.6. The molecule has 3 heterocycles. The van der Waals surface area contributed by atoms with Crippen molar-refractivity contribution in [3.63, 3.8) is 0 Å². The lowest BCUT2D eigenvalue weighted by Crippen LogP contribution is -2.38. The summed E-state index contributed by atoms with van der Waals surface area (Å²) in [5, 5.41) is 14.2. The van der Waals surface area contributed by atoms with Gasteiger partial charge in [-0.2, -0.15) is 0 Å². The van der Waals surface area contributed by atoms with Gasteiger partial charge in [-0.05, 0) is 31.9 Å². The average Bonchev–Trinajstić information content (AvgIpc) is 3.03. The van der Waals surface area contributed by atoms with Crippen LogP contribution in [0.2, 0.25) is 0 Å². The topological polar surface area (TPSA) is 52.6 Å². The van der Waals surface area contributed by atoms with Gasteiger partial charge in [0.2, 0.25) is 0 Å². The Hall–Kier alpha value is -0.910. The molecule has 0 amide bonds. The minimum atomic E-state index is -0.833. The number of carbonyl (C=O) groups is 1. The van der Waals surface area contributed by atoms with Crippen LogP contribution in [0.15, 0.2) is 11.4 Å². The first-order chi connectivity index (χ1) is 8.74. The van der Waals surface area contributed by atoms with E-state index in [1.165, 1.54) is 43.7 Å². The van der Waals surface area contributed by atoms with Gasteiger partial charge in [0, 0.05) is 35.4 Å². The summed E-state index contributed by atoms with van der Waals surface area (Å²) >= 11 is 1.53. The molecule has 0 spiro atoms. The number of rotatable bonds is 4. The van der Waals surface area contributed by atoms with Gasteiger partial charge in [0.1, 0.15) is 0 Å². The van der Waals surface area contributed by atoms with Crippen LogP contribution < -0.4 is 5.32 Å². The third-order valence-corrected chi connectivity index (χ3v) is 4.98. The molecule has 2 fully saturated rings. The van der Waals surface area contributed by atoms with Crippen molar-refractivity contribution in [2.24, 2.45) is 0 Å². The summed E-state index contributed by atoms with van der Waals surface area (Å²) in [4.78, 5) is 14.5. The molecular weight excluding hydrogens is 248 g/mol. The number of aromatic carboxylic acids is 1. The van der Waals surface area contributed by atoms with Crippen LogP contribution in [0.3, 0.4) is 0 Å². The van der Waals surface area contributed by atoms with E-state index in [1.54, 1.807) is 11.4 Å². The lowest BCUT2D eigenvalue weighted by molar-refractivity contribution is 0.0697. The van der Waals surface area contributed by atoms with Crippen molar-refractivity contribution in [1.82, 2.24) is 10.2 Å². The second-order valence-corrected chi connectivity index (χ2v) is 6.12. The molecule has 0 aliphatic carbocycles.